The lowest BCUT2D eigenvalue weighted by Crippen LogP contribution is -2.47. The van der Waals surface area contributed by atoms with E-state index in [-0.39, 0.29) is 29.7 Å². The highest BCUT2D eigenvalue weighted by Gasteiger charge is 2.26. The van der Waals surface area contributed by atoms with Gasteiger partial charge in [0.2, 0.25) is 0 Å². The molecule has 1 aromatic heterocycles. The van der Waals surface area contributed by atoms with Gasteiger partial charge < -0.3 is 19.5 Å². The third-order valence-electron chi connectivity index (χ3n) is 4.70. The second kappa shape index (κ2) is 8.83. The van der Waals surface area contributed by atoms with Crippen molar-refractivity contribution in [3.05, 3.63) is 42.2 Å². The first kappa shape index (κ1) is 19.1. The van der Waals surface area contributed by atoms with Crippen LogP contribution in [0.5, 0.6) is 5.75 Å². The number of rotatable bonds is 6. The Labute approximate surface area is 158 Å². The summed E-state index contributed by atoms with van der Waals surface area (Å²) in [5, 5.41) is 11.1. The van der Waals surface area contributed by atoms with Crippen molar-refractivity contribution in [3.8, 4) is 5.75 Å². The molecule has 1 N–H and O–H groups in total. The summed E-state index contributed by atoms with van der Waals surface area (Å²) in [4.78, 5) is 14.3. The molecule has 1 aliphatic heterocycles. The fourth-order valence-corrected chi connectivity index (χ4v) is 3.25. The number of benzene rings is 1. The highest BCUT2D eigenvalue weighted by molar-refractivity contribution is 5.74. The van der Waals surface area contributed by atoms with Crippen molar-refractivity contribution in [1.29, 1.82) is 0 Å². The summed E-state index contributed by atoms with van der Waals surface area (Å²) < 4.78 is 21.4. The van der Waals surface area contributed by atoms with Crippen molar-refractivity contribution < 1.29 is 13.9 Å². The third-order valence-corrected chi connectivity index (χ3v) is 4.70. The largest absolute Gasteiger partial charge is 0.487 e. The Balaban J connectivity index is 1.49. The van der Waals surface area contributed by atoms with E-state index in [1.54, 1.807) is 29.4 Å². The second-order valence-corrected chi connectivity index (χ2v) is 6.79. The Bertz CT molecular complexity index is 758. The number of aromatic nitrogens is 3. The first-order chi connectivity index (χ1) is 13.1. The van der Waals surface area contributed by atoms with Crippen LogP contribution in [0, 0.1) is 5.82 Å². The predicted molar refractivity (Wildman–Crippen MR) is 98.9 cm³/mol. The molecule has 1 atom stereocenters. The molecule has 0 bridgehead atoms. The van der Waals surface area contributed by atoms with Crippen molar-refractivity contribution in [3.63, 3.8) is 0 Å². The van der Waals surface area contributed by atoms with Gasteiger partial charge in [-0.3, -0.25) is 0 Å². The minimum absolute atomic E-state index is 0.0870. The van der Waals surface area contributed by atoms with E-state index in [1.807, 2.05) is 11.5 Å². The summed E-state index contributed by atoms with van der Waals surface area (Å²) in [5.41, 5.74) is 0. The maximum absolute atomic E-state index is 13.7. The van der Waals surface area contributed by atoms with E-state index in [0.29, 0.717) is 25.9 Å². The van der Waals surface area contributed by atoms with Crippen LogP contribution in [0.2, 0.25) is 0 Å². The normalized spacial score (nSPS) is 16.2. The van der Waals surface area contributed by atoms with Gasteiger partial charge in [-0.05, 0) is 25.5 Å². The molecular formula is C19H26FN5O2. The van der Waals surface area contributed by atoms with Gasteiger partial charge in [0.05, 0.1) is 6.04 Å². The number of halogens is 1. The van der Waals surface area contributed by atoms with Crippen LogP contribution in [0.3, 0.4) is 0 Å². The smallest absolute Gasteiger partial charge is 0.317 e. The van der Waals surface area contributed by atoms with E-state index in [0.717, 1.165) is 18.8 Å². The molecule has 146 valence electrons. The van der Waals surface area contributed by atoms with E-state index in [9.17, 15) is 9.18 Å². The van der Waals surface area contributed by atoms with Gasteiger partial charge >= 0.3 is 6.03 Å². The summed E-state index contributed by atoms with van der Waals surface area (Å²) >= 11 is 0. The zero-order chi connectivity index (χ0) is 19.2. The molecule has 1 saturated heterocycles. The molecule has 27 heavy (non-hydrogen) atoms. The molecule has 1 aliphatic rings. The molecule has 2 aromatic rings. The van der Waals surface area contributed by atoms with Crippen LogP contribution in [-0.4, -0.2) is 44.9 Å². The molecule has 1 aromatic carbocycles. The molecule has 0 unspecified atom stereocenters. The van der Waals surface area contributed by atoms with Crippen LogP contribution in [0.1, 0.15) is 45.0 Å². The van der Waals surface area contributed by atoms with Crippen molar-refractivity contribution in [1.82, 2.24) is 25.0 Å². The molecule has 3 rings (SSSR count). The fraction of sp³-hybridized carbons (Fsp3) is 0.526. The zero-order valence-electron chi connectivity index (χ0n) is 15.8. The summed E-state index contributed by atoms with van der Waals surface area (Å²) in [7, 11) is 0. The molecule has 0 radical (unpaired) electrons. The molecule has 0 spiro atoms. The van der Waals surface area contributed by atoms with E-state index in [2.05, 4.69) is 22.4 Å². The van der Waals surface area contributed by atoms with E-state index in [1.165, 1.54) is 6.07 Å². The fourth-order valence-electron chi connectivity index (χ4n) is 3.25. The highest BCUT2D eigenvalue weighted by atomic mass is 19.1. The Morgan fingerprint density at radius 2 is 2.11 bits per heavy atom. The number of hydrogen-bond donors (Lipinski definition) is 1. The number of aryl methyl sites for hydroxylation is 1. The average Bonchev–Trinajstić information content (AvgIpc) is 3.13. The number of piperidine rings is 1. The van der Waals surface area contributed by atoms with Gasteiger partial charge in [0, 0.05) is 32.5 Å². The first-order valence-corrected chi connectivity index (χ1v) is 9.42. The lowest BCUT2D eigenvalue weighted by molar-refractivity contribution is 0.106. The molecule has 2 amide bonds. The Morgan fingerprint density at radius 3 is 2.81 bits per heavy atom. The highest BCUT2D eigenvalue weighted by Crippen LogP contribution is 2.22. The Kier molecular flexibility index (Phi) is 6.26. The number of ether oxygens (including phenoxy) is 1. The molecule has 2 heterocycles. The standard InChI is InChI=1S/C19H26FN5O2/c1-3-10-25-13-21-23-18(25)14(2)22-19(26)24-11-8-15(9-12-24)27-17-7-5-4-6-16(17)20/h4-7,13-15H,3,8-12H2,1-2H3,(H,22,26)/t14-/m1/s1. The molecule has 0 saturated carbocycles. The quantitative estimate of drug-likeness (QED) is 0.842. The van der Waals surface area contributed by atoms with Crippen LogP contribution in [-0.2, 0) is 6.54 Å². The van der Waals surface area contributed by atoms with Gasteiger partial charge in [-0.1, -0.05) is 19.1 Å². The van der Waals surface area contributed by atoms with Crippen LogP contribution < -0.4 is 10.1 Å². The SMILES string of the molecule is CCCn1cnnc1[C@@H](C)NC(=O)N1CCC(Oc2ccccc2F)CC1. The number of carbonyl (C=O) groups excluding carboxylic acids is 1. The Hall–Kier alpha value is -2.64. The lowest BCUT2D eigenvalue weighted by Gasteiger charge is -2.33. The maximum Gasteiger partial charge on any atom is 0.317 e. The average molecular weight is 375 g/mol. The number of amides is 2. The zero-order valence-corrected chi connectivity index (χ0v) is 15.8. The van der Waals surface area contributed by atoms with Gasteiger partial charge in [0.1, 0.15) is 12.4 Å². The first-order valence-electron chi connectivity index (χ1n) is 9.42. The third kappa shape index (κ3) is 4.75. The van der Waals surface area contributed by atoms with E-state index in [4.69, 9.17) is 4.74 Å². The predicted octanol–water partition coefficient (Wildman–Crippen LogP) is 3.14. The number of para-hydroxylation sites is 1. The lowest BCUT2D eigenvalue weighted by atomic mass is 10.1. The number of likely N-dealkylation sites (tertiary alicyclic amines) is 1. The molecule has 7 nitrogen and oxygen atoms in total. The van der Waals surface area contributed by atoms with Crippen LogP contribution in [0.15, 0.2) is 30.6 Å². The van der Waals surface area contributed by atoms with Crippen molar-refractivity contribution in [2.24, 2.45) is 0 Å². The Morgan fingerprint density at radius 1 is 1.37 bits per heavy atom. The minimum Gasteiger partial charge on any atom is -0.487 e. The van der Waals surface area contributed by atoms with E-state index >= 15 is 0 Å². The summed E-state index contributed by atoms with van der Waals surface area (Å²) in [6, 6.07) is 6.05. The van der Waals surface area contributed by atoms with Crippen LogP contribution in [0.4, 0.5) is 9.18 Å². The van der Waals surface area contributed by atoms with Gasteiger partial charge in [0.15, 0.2) is 17.4 Å². The summed E-state index contributed by atoms with van der Waals surface area (Å²) in [6.07, 6.45) is 3.91. The molecule has 0 aliphatic carbocycles. The van der Waals surface area contributed by atoms with Gasteiger partial charge in [-0.2, -0.15) is 0 Å². The van der Waals surface area contributed by atoms with Crippen molar-refractivity contribution in [2.45, 2.75) is 51.8 Å². The number of nitrogens with one attached hydrogen (secondary N) is 1. The molecular weight excluding hydrogens is 349 g/mol. The van der Waals surface area contributed by atoms with Crippen LogP contribution in [0.25, 0.3) is 0 Å². The van der Waals surface area contributed by atoms with Gasteiger partial charge in [-0.15, -0.1) is 10.2 Å². The van der Waals surface area contributed by atoms with E-state index < -0.39 is 0 Å². The van der Waals surface area contributed by atoms with Crippen LogP contribution >= 0.6 is 0 Å². The van der Waals surface area contributed by atoms with Crippen molar-refractivity contribution >= 4 is 6.03 Å². The monoisotopic (exact) mass is 375 g/mol. The number of hydrogen-bond acceptors (Lipinski definition) is 4. The van der Waals surface area contributed by atoms with Gasteiger partial charge in [-0.25, -0.2) is 9.18 Å². The molecule has 8 heteroatoms. The number of urea groups is 1. The molecule has 1 fully saturated rings. The second-order valence-electron chi connectivity index (χ2n) is 6.79. The van der Waals surface area contributed by atoms with Crippen molar-refractivity contribution in [2.75, 3.05) is 13.1 Å². The minimum atomic E-state index is -0.359. The number of carbonyl (C=O) groups is 1. The number of nitrogens with zero attached hydrogens (tertiary/aromatic N) is 4. The maximum atomic E-state index is 13.7. The topological polar surface area (TPSA) is 72.3 Å². The van der Waals surface area contributed by atoms with Gasteiger partial charge in [0.25, 0.3) is 0 Å². The summed E-state index contributed by atoms with van der Waals surface area (Å²) in [5.74, 6) is 0.662. The summed E-state index contributed by atoms with van der Waals surface area (Å²) in [6.45, 7) is 5.95.